The maximum Gasteiger partial charge on any atom is 0.322 e. The Morgan fingerprint density at radius 1 is 1.29 bits per heavy atom. The normalized spacial score (nSPS) is 11.5. The number of aliphatic carboxylic acids is 1. The molecule has 1 rings (SSSR count). The standard InChI is InChI=1S/C14H19N3O4/c1-9-3-5-11(6-4-9)17(8-7-12(18)19)14(21)16-10(2)13(15)20/h3-6,10H,7-8H2,1-2H3,(H2,15,20)(H,16,21)(H,18,19). The van der Waals surface area contributed by atoms with Crippen LogP contribution in [0.15, 0.2) is 24.3 Å². The van der Waals surface area contributed by atoms with Crippen molar-refractivity contribution in [2.24, 2.45) is 5.73 Å². The number of carboxylic acid groups (broad SMARTS) is 1. The molecule has 0 heterocycles. The third kappa shape index (κ3) is 5.13. The van der Waals surface area contributed by atoms with Gasteiger partial charge in [0, 0.05) is 12.2 Å². The fraction of sp³-hybridized carbons (Fsp3) is 0.357. The summed E-state index contributed by atoms with van der Waals surface area (Å²) in [4.78, 5) is 35.2. The number of amides is 3. The number of anilines is 1. The van der Waals surface area contributed by atoms with E-state index in [1.807, 2.05) is 19.1 Å². The molecule has 0 saturated carbocycles. The average Bonchev–Trinajstić information content (AvgIpc) is 2.40. The van der Waals surface area contributed by atoms with Crippen molar-refractivity contribution in [3.05, 3.63) is 29.8 Å². The number of carboxylic acids is 1. The van der Waals surface area contributed by atoms with Crippen LogP contribution in [0.1, 0.15) is 18.9 Å². The van der Waals surface area contributed by atoms with Gasteiger partial charge < -0.3 is 16.2 Å². The lowest BCUT2D eigenvalue weighted by Crippen LogP contribution is -2.49. The van der Waals surface area contributed by atoms with Crippen molar-refractivity contribution in [1.82, 2.24) is 5.32 Å². The highest BCUT2D eigenvalue weighted by atomic mass is 16.4. The number of benzene rings is 1. The summed E-state index contributed by atoms with van der Waals surface area (Å²) in [6, 6.07) is 5.65. The summed E-state index contributed by atoms with van der Waals surface area (Å²) in [5, 5.41) is 11.2. The first-order valence-electron chi connectivity index (χ1n) is 6.47. The minimum absolute atomic E-state index is 0.00426. The molecule has 1 atom stereocenters. The first kappa shape index (κ1) is 16.5. The van der Waals surface area contributed by atoms with Gasteiger partial charge in [0.25, 0.3) is 0 Å². The number of primary amides is 1. The molecule has 0 aliphatic rings. The van der Waals surface area contributed by atoms with Gasteiger partial charge in [0.1, 0.15) is 6.04 Å². The minimum atomic E-state index is -1.01. The van der Waals surface area contributed by atoms with Crippen LogP contribution in [0.5, 0.6) is 0 Å². The Morgan fingerprint density at radius 3 is 2.33 bits per heavy atom. The number of carbonyl (C=O) groups excluding carboxylic acids is 2. The van der Waals surface area contributed by atoms with Crippen molar-refractivity contribution in [2.45, 2.75) is 26.3 Å². The van der Waals surface area contributed by atoms with Gasteiger partial charge in [0.2, 0.25) is 5.91 Å². The summed E-state index contributed by atoms with van der Waals surface area (Å²) in [5.41, 5.74) is 6.67. The van der Waals surface area contributed by atoms with Crippen LogP contribution < -0.4 is 16.0 Å². The fourth-order valence-corrected chi connectivity index (χ4v) is 1.61. The highest BCUT2D eigenvalue weighted by Gasteiger charge is 2.20. The Bertz CT molecular complexity index is 528. The summed E-state index contributed by atoms with van der Waals surface area (Å²) < 4.78 is 0. The molecule has 1 unspecified atom stereocenters. The van der Waals surface area contributed by atoms with Gasteiger partial charge in [-0.15, -0.1) is 0 Å². The van der Waals surface area contributed by atoms with E-state index in [2.05, 4.69) is 5.32 Å². The average molecular weight is 293 g/mol. The van der Waals surface area contributed by atoms with Crippen LogP contribution in [-0.4, -0.2) is 35.6 Å². The maximum atomic E-state index is 12.2. The van der Waals surface area contributed by atoms with Crippen molar-refractivity contribution in [2.75, 3.05) is 11.4 Å². The molecule has 3 amide bonds. The molecule has 21 heavy (non-hydrogen) atoms. The molecule has 1 aromatic carbocycles. The minimum Gasteiger partial charge on any atom is -0.481 e. The van der Waals surface area contributed by atoms with Gasteiger partial charge in [0.05, 0.1) is 6.42 Å². The molecule has 0 bridgehead atoms. The monoisotopic (exact) mass is 293 g/mol. The van der Waals surface area contributed by atoms with E-state index in [1.54, 1.807) is 12.1 Å². The number of hydrogen-bond acceptors (Lipinski definition) is 3. The summed E-state index contributed by atoms with van der Waals surface area (Å²) in [7, 11) is 0. The van der Waals surface area contributed by atoms with Crippen LogP contribution in [0.2, 0.25) is 0 Å². The first-order chi connectivity index (χ1) is 9.81. The smallest absolute Gasteiger partial charge is 0.322 e. The van der Waals surface area contributed by atoms with Crippen molar-refractivity contribution in [1.29, 1.82) is 0 Å². The summed E-state index contributed by atoms with van der Waals surface area (Å²) in [6.45, 7) is 3.36. The van der Waals surface area contributed by atoms with Crippen LogP contribution in [-0.2, 0) is 9.59 Å². The third-order valence-corrected chi connectivity index (χ3v) is 2.91. The molecule has 0 aliphatic carbocycles. The van der Waals surface area contributed by atoms with E-state index in [0.29, 0.717) is 5.69 Å². The number of rotatable bonds is 6. The van der Waals surface area contributed by atoms with Crippen LogP contribution in [0.25, 0.3) is 0 Å². The van der Waals surface area contributed by atoms with Crippen LogP contribution in [0.4, 0.5) is 10.5 Å². The molecule has 0 aromatic heterocycles. The van der Waals surface area contributed by atoms with Crippen molar-refractivity contribution in [3.8, 4) is 0 Å². The first-order valence-corrected chi connectivity index (χ1v) is 6.47. The number of hydrogen-bond donors (Lipinski definition) is 3. The van der Waals surface area contributed by atoms with Gasteiger partial charge in [-0.3, -0.25) is 14.5 Å². The highest BCUT2D eigenvalue weighted by Crippen LogP contribution is 2.16. The number of nitrogens with two attached hydrogens (primary N) is 1. The Hall–Kier alpha value is -2.57. The van der Waals surface area contributed by atoms with E-state index in [-0.39, 0.29) is 13.0 Å². The number of aryl methyl sites for hydroxylation is 1. The molecule has 7 nitrogen and oxygen atoms in total. The van der Waals surface area contributed by atoms with E-state index < -0.39 is 23.9 Å². The number of nitrogens with zero attached hydrogens (tertiary/aromatic N) is 1. The molecule has 0 aliphatic heterocycles. The SMILES string of the molecule is Cc1ccc(N(CCC(=O)O)C(=O)NC(C)C(N)=O)cc1. The van der Waals surface area contributed by atoms with Gasteiger partial charge >= 0.3 is 12.0 Å². The van der Waals surface area contributed by atoms with Crippen LogP contribution >= 0.6 is 0 Å². The molecule has 0 radical (unpaired) electrons. The summed E-state index contributed by atoms with van der Waals surface area (Å²) in [5.74, 6) is -1.67. The Balaban J connectivity index is 2.90. The zero-order valence-corrected chi connectivity index (χ0v) is 12.0. The van der Waals surface area contributed by atoms with Crippen molar-refractivity contribution >= 4 is 23.6 Å². The predicted molar refractivity (Wildman–Crippen MR) is 78.0 cm³/mol. The molecule has 114 valence electrons. The fourth-order valence-electron chi connectivity index (χ4n) is 1.61. The second-order valence-electron chi connectivity index (χ2n) is 4.70. The second kappa shape index (κ2) is 7.28. The van der Waals surface area contributed by atoms with Crippen molar-refractivity contribution < 1.29 is 19.5 Å². The van der Waals surface area contributed by atoms with E-state index in [9.17, 15) is 14.4 Å². The van der Waals surface area contributed by atoms with Gasteiger partial charge in [-0.25, -0.2) is 4.79 Å². The van der Waals surface area contributed by atoms with E-state index in [0.717, 1.165) is 5.56 Å². The largest absolute Gasteiger partial charge is 0.481 e. The molecule has 7 heteroatoms. The van der Waals surface area contributed by atoms with E-state index in [1.165, 1.54) is 11.8 Å². The molecule has 0 saturated heterocycles. The zero-order valence-electron chi connectivity index (χ0n) is 12.0. The summed E-state index contributed by atoms with van der Waals surface area (Å²) >= 11 is 0. The molecular weight excluding hydrogens is 274 g/mol. The quantitative estimate of drug-likeness (QED) is 0.722. The second-order valence-corrected chi connectivity index (χ2v) is 4.70. The number of nitrogens with one attached hydrogen (secondary N) is 1. The highest BCUT2D eigenvalue weighted by molar-refractivity contribution is 5.95. The van der Waals surface area contributed by atoms with Crippen LogP contribution in [0.3, 0.4) is 0 Å². The van der Waals surface area contributed by atoms with E-state index in [4.69, 9.17) is 10.8 Å². The Labute approximate surface area is 122 Å². The summed E-state index contributed by atoms with van der Waals surface area (Å²) in [6.07, 6.45) is -0.202. The predicted octanol–water partition coefficient (Wildman–Crippen LogP) is 0.860. The Morgan fingerprint density at radius 2 is 1.86 bits per heavy atom. The molecule has 0 spiro atoms. The van der Waals surface area contributed by atoms with Gasteiger partial charge in [-0.2, -0.15) is 0 Å². The zero-order chi connectivity index (χ0) is 16.0. The lowest BCUT2D eigenvalue weighted by atomic mass is 10.2. The number of urea groups is 1. The molecule has 0 fully saturated rings. The third-order valence-electron chi connectivity index (χ3n) is 2.91. The molecule has 1 aromatic rings. The van der Waals surface area contributed by atoms with Gasteiger partial charge in [-0.05, 0) is 26.0 Å². The topological polar surface area (TPSA) is 113 Å². The van der Waals surface area contributed by atoms with Crippen LogP contribution in [0, 0.1) is 6.92 Å². The van der Waals surface area contributed by atoms with E-state index >= 15 is 0 Å². The molecular formula is C14H19N3O4. The Kier molecular flexibility index (Phi) is 5.71. The van der Waals surface area contributed by atoms with Gasteiger partial charge in [0.15, 0.2) is 0 Å². The maximum absolute atomic E-state index is 12.2. The lowest BCUT2D eigenvalue weighted by Gasteiger charge is -2.24. The lowest BCUT2D eigenvalue weighted by molar-refractivity contribution is -0.136. The molecule has 4 N–H and O–H groups in total. The number of carbonyl (C=O) groups is 3. The van der Waals surface area contributed by atoms with Crippen molar-refractivity contribution in [3.63, 3.8) is 0 Å². The van der Waals surface area contributed by atoms with Gasteiger partial charge in [-0.1, -0.05) is 17.7 Å².